The highest BCUT2D eigenvalue weighted by Gasteiger charge is 2.30. The molecule has 0 atom stereocenters. The van der Waals surface area contributed by atoms with Crippen LogP contribution in [-0.2, 0) is 26.0 Å². The van der Waals surface area contributed by atoms with Gasteiger partial charge in [0.05, 0.1) is 11.5 Å². The maximum absolute atomic E-state index is 13.7. The summed E-state index contributed by atoms with van der Waals surface area (Å²) in [6.07, 6.45) is 5.28. The summed E-state index contributed by atoms with van der Waals surface area (Å²) in [4.78, 5) is 31.9. The molecule has 2 aromatic rings. The van der Waals surface area contributed by atoms with Gasteiger partial charge in [0.25, 0.3) is 0 Å². The number of amides is 2. The maximum Gasteiger partial charge on any atom is 0.242 e. The van der Waals surface area contributed by atoms with Gasteiger partial charge in [-0.05, 0) is 106 Å². The summed E-state index contributed by atoms with van der Waals surface area (Å²) < 4.78 is 26.4. The van der Waals surface area contributed by atoms with Gasteiger partial charge in [0.15, 0.2) is 0 Å². The summed E-state index contributed by atoms with van der Waals surface area (Å²) in [5.41, 5.74) is 2.94. The Hall–Kier alpha value is -2.50. The number of hydrogen-bond donors (Lipinski definition) is 1. The molecule has 0 aromatic heterocycles. The van der Waals surface area contributed by atoms with Crippen LogP contribution < -0.4 is 4.90 Å². The summed E-state index contributed by atoms with van der Waals surface area (Å²) in [6.45, 7) is 8.15. The topological polar surface area (TPSA) is 101 Å². The number of aryl methyl sites for hydroxylation is 1. The molecule has 242 valence electrons. The van der Waals surface area contributed by atoms with Gasteiger partial charge in [0.2, 0.25) is 21.8 Å². The van der Waals surface area contributed by atoms with E-state index < -0.39 is 10.0 Å². The van der Waals surface area contributed by atoms with Crippen molar-refractivity contribution in [2.24, 2.45) is 11.8 Å². The Bertz CT molecular complexity index is 1370. The SMILES string of the molecule is CC(=O)N1CCC(C(=O)N(CCCN2CCC(Cc3ccc(S(=O)(=O)N(C)CCO)cc3)CC2)c2ccc(C)c(Cl)c2)CC1. The number of halogens is 1. The first kappa shape index (κ1) is 34.4. The third-order valence-electron chi connectivity index (χ3n) is 9.16. The summed E-state index contributed by atoms with van der Waals surface area (Å²) in [7, 11) is -2.12. The number of aliphatic hydroxyl groups is 1. The fraction of sp³-hybridized carbons (Fsp3) is 0.576. The molecule has 0 saturated carbocycles. The van der Waals surface area contributed by atoms with Crippen molar-refractivity contribution in [3.05, 3.63) is 58.6 Å². The van der Waals surface area contributed by atoms with Crippen LogP contribution in [0.15, 0.2) is 47.4 Å². The quantitative estimate of drug-likeness (QED) is 0.371. The molecule has 0 bridgehead atoms. The van der Waals surface area contributed by atoms with Gasteiger partial charge in [-0.1, -0.05) is 29.8 Å². The van der Waals surface area contributed by atoms with Crippen molar-refractivity contribution >= 4 is 39.1 Å². The van der Waals surface area contributed by atoms with E-state index in [2.05, 4.69) is 4.90 Å². The minimum atomic E-state index is -3.59. The number of nitrogens with zero attached hydrogens (tertiary/aromatic N) is 4. The van der Waals surface area contributed by atoms with Gasteiger partial charge in [-0.3, -0.25) is 9.59 Å². The molecule has 2 aliphatic heterocycles. The predicted molar refractivity (Wildman–Crippen MR) is 174 cm³/mol. The highest BCUT2D eigenvalue weighted by Crippen LogP contribution is 2.28. The monoisotopic (exact) mass is 646 g/mol. The number of likely N-dealkylation sites (tertiary alicyclic amines) is 2. The smallest absolute Gasteiger partial charge is 0.242 e. The van der Waals surface area contributed by atoms with Gasteiger partial charge in [-0.25, -0.2) is 8.42 Å². The Kier molecular flexibility index (Phi) is 12.2. The molecule has 11 heteroatoms. The molecule has 2 fully saturated rings. The van der Waals surface area contributed by atoms with E-state index in [4.69, 9.17) is 16.7 Å². The minimum Gasteiger partial charge on any atom is -0.395 e. The minimum absolute atomic E-state index is 0.0635. The van der Waals surface area contributed by atoms with E-state index in [9.17, 15) is 18.0 Å². The molecule has 2 amide bonds. The zero-order chi connectivity index (χ0) is 31.9. The first-order valence-electron chi connectivity index (χ1n) is 15.7. The molecule has 2 aliphatic rings. The Labute approximate surface area is 267 Å². The van der Waals surface area contributed by atoms with Crippen LogP contribution in [0.1, 0.15) is 50.2 Å². The zero-order valence-corrected chi connectivity index (χ0v) is 27.8. The molecular formula is C33H47ClN4O5S. The molecule has 9 nitrogen and oxygen atoms in total. The average molecular weight is 647 g/mol. The van der Waals surface area contributed by atoms with Crippen LogP contribution in [0.5, 0.6) is 0 Å². The van der Waals surface area contributed by atoms with Gasteiger partial charge < -0.3 is 19.8 Å². The number of rotatable bonds is 12. The van der Waals surface area contributed by atoms with Crippen molar-refractivity contribution in [1.82, 2.24) is 14.1 Å². The van der Waals surface area contributed by atoms with Gasteiger partial charge in [-0.15, -0.1) is 0 Å². The molecule has 1 N–H and O–H groups in total. The molecular weight excluding hydrogens is 600 g/mol. The number of piperidine rings is 2. The standard InChI is InChI=1S/C33H47ClN4O5S/c1-25-5-8-30(24-32(25)34)38(33(41)29-13-19-37(20-14-29)26(2)40)16-4-15-36-17-11-28(12-18-36)23-27-6-9-31(10-7-27)44(42,43)35(3)21-22-39/h5-10,24,28-29,39H,4,11-23H2,1-3H3. The lowest BCUT2D eigenvalue weighted by Crippen LogP contribution is -2.45. The summed E-state index contributed by atoms with van der Waals surface area (Å²) in [6, 6.07) is 13.0. The first-order chi connectivity index (χ1) is 21.0. The van der Waals surface area contributed by atoms with E-state index in [0.717, 1.165) is 62.1 Å². The van der Waals surface area contributed by atoms with Crippen LogP contribution in [0.2, 0.25) is 5.02 Å². The number of aliphatic hydroxyl groups excluding tert-OH is 1. The van der Waals surface area contributed by atoms with Crippen LogP contribution in [-0.4, -0.2) is 98.9 Å². The van der Waals surface area contributed by atoms with E-state index in [0.29, 0.717) is 43.4 Å². The summed E-state index contributed by atoms with van der Waals surface area (Å²) in [5.74, 6) is 0.621. The third-order valence-corrected chi connectivity index (χ3v) is 11.4. The van der Waals surface area contributed by atoms with Crippen molar-refractivity contribution < 1.29 is 23.1 Å². The Morgan fingerprint density at radius 3 is 2.23 bits per heavy atom. The highest BCUT2D eigenvalue weighted by atomic mass is 35.5. The summed E-state index contributed by atoms with van der Waals surface area (Å²) in [5, 5.41) is 9.73. The lowest BCUT2D eigenvalue weighted by Gasteiger charge is -2.35. The molecule has 0 radical (unpaired) electrons. The second kappa shape index (κ2) is 15.7. The van der Waals surface area contributed by atoms with E-state index in [-0.39, 0.29) is 35.8 Å². The average Bonchev–Trinajstić information content (AvgIpc) is 3.01. The predicted octanol–water partition coefficient (Wildman–Crippen LogP) is 4.20. The number of sulfonamides is 1. The van der Waals surface area contributed by atoms with Gasteiger partial charge in [-0.2, -0.15) is 4.31 Å². The number of hydrogen-bond acceptors (Lipinski definition) is 6. The molecule has 4 rings (SSSR count). The molecule has 0 spiro atoms. The van der Waals surface area contributed by atoms with Crippen molar-refractivity contribution in [2.45, 2.75) is 57.3 Å². The number of carbonyl (C=O) groups is 2. The molecule has 0 unspecified atom stereocenters. The van der Waals surface area contributed by atoms with Crippen LogP contribution in [0.4, 0.5) is 5.69 Å². The van der Waals surface area contributed by atoms with Gasteiger partial charge in [0.1, 0.15) is 0 Å². The van der Waals surface area contributed by atoms with Crippen LogP contribution in [0, 0.1) is 18.8 Å². The fourth-order valence-electron chi connectivity index (χ4n) is 6.22. The van der Waals surface area contributed by atoms with E-state index in [1.54, 1.807) is 19.1 Å². The van der Waals surface area contributed by atoms with Crippen molar-refractivity contribution in [1.29, 1.82) is 0 Å². The van der Waals surface area contributed by atoms with E-state index in [1.807, 2.05) is 47.1 Å². The molecule has 2 saturated heterocycles. The van der Waals surface area contributed by atoms with Gasteiger partial charge in [0, 0.05) is 56.8 Å². The third kappa shape index (κ3) is 8.81. The Balaban J connectivity index is 1.28. The van der Waals surface area contributed by atoms with E-state index in [1.165, 1.54) is 11.4 Å². The second-order valence-electron chi connectivity index (χ2n) is 12.2. The summed E-state index contributed by atoms with van der Waals surface area (Å²) >= 11 is 6.45. The fourth-order valence-corrected chi connectivity index (χ4v) is 7.55. The molecule has 2 aromatic carbocycles. The number of likely N-dealkylation sites (N-methyl/N-ethyl adjacent to an activating group) is 1. The number of benzene rings is 2. The maximum atomic E-state index is 13.7. The zero-order valence-electron chi connectivity index (χ0n) is 26.3. The van der Waals surface area contributed by atoms with Gasteiger partial charge >= 0.3 is 0 Å². The van der Waals surface area contributed by atoms with E-state index >= 15 is 0 Å². The second-order valence-corrected chi connectivity index (χ2v) is 14.7. The number of carbonyl (C=O) groups excluding carboxylic acids is 2. The lowest BCUT2D eigenvalue weighted by molar-refractivity contribution is -0.133. The highest BCUT2D eigenvalue weighted by molar-refractivity contribution is 7.89. The normalized spacial score (nSPS) is 17.3. The lowest BCUT2D eigenvalue weighted by atomic mass is 9.90. The molecule has 0 aliphatic carbocycles. The van der Waals surface area contributed by atoms with Crippen LogP contribution in [0.25, 0.3) is 0 Å². The van der Waals surface area contributed by atoms with Crippen molar-refractivity contribution in [3.63, 3.8) is 0 Å². The molecule has 44 heavy (non-hydrogen) atoms. The Morgan fingerprint density at radius 2 is 1.64 bits per heavy atom. The largest absolute Gasteiger partial charge is 0.395 e. The molecule has 2 heterocycles. The first-order valence-corrected chi connectivity index (χ1v) is 17.5. The van der Waals surface area contributed by atoms with Crippen LogP contribution in [0.3, 0.4) is 0 Å². The number of anilines is 1. The van der Waals surface area contributed by atoms with Crippen LogP contribution >= 0.6 is 11.6 Å². The Morgan fingerprint density at radius 1 is 0.977 bits per heavy atom. The van der Waals surface area contributed by atoms with Crippen molar-refractivity contribution in [3.8, 4) is 0 Å². The van der Waals surface area contributed by atoms with Crippen molar-refractivity contribution in [2.75, 3.05) is 64.4 Å².